The van der Waals surface area contributed by atoms with Gasteiger partial charge in [-0.1, -0.05) is 148 Å². The quantitative estimate of drug-likeness (QED) is 0.0996. The summed E-state index contributed by atoms with van der Waals surface area (Å²) in [6.07, 6.45) is 8.32. The molecule has 1 aliphatic heterocycles. The Balaban J connectivity index is 0.000000185. The van der Waals surface area contributed by atoms with Gasteiger partial charge in [0.25, 0.3) is 0 Å². The zero-order valence-electron chi connectivity index (χ0n) is 28.5. The molecule has 5 N–H and O–H groups in total. The van der Waals surface area contributed by atoms with Gasteiger partial charge < -0.3 is 16.4 Å². The summed E-state index contributed by atoms with van der Waals surface area (Å²) in [6, 6.07) is 46.6. The molecular weight excluding hydrogens is 597 g/mol. The molecule has 7 rings (SSSR count). The SMILES string of the molecule is C=C1c2ccccc2/C=C\N(C(/C=C(\C)C(=N)N)=C/N)c2ccccc21.CC.c1ccc2c(Cc3cccc4ccccc34)cccc2c1. The fourth-order valence-corrected chi connectivity index (χ4v) is 6.06. The summed E-state index contributed by atoms with van der Waals surface area (Å²) in [5.41, 5.74) is 20.8. The van der Waals surface area contributed by atoms with E-state index in [9.17, 15) is 0 Å². The van der Waals surface area contributed by atoms with Crippen LogP contribution in [0.25, 0.3) is 33.2 Å². The first-order valence-electron chi connectivity index (χ1n) is 16.7. The van der Waals surface area contributed by atoms with E-state index in [2.05, 4.69) is 110 Å². The van der Waals surface area contributed by atoms with Crippen molar-refractivity contribution in [2.75, 3.05) is 4.90 Å². The Hall–Kier alpha value is -6.13. The van der Waals surface area contributed by atoms with E-state index in [0.717, 1.165) is 40.1 Å². The lowest BCUT2D eigenvalue weighted by molar-refractivity contribution is 1.17. The van der Waals surface area contributed by atoms with Crippen molar-refractivity contribution in [1.82, 2.24) is 0 Å². The van der Waals surface area contributed by atoms with Crippen LogP contribution in [0.3, 0.4) is 0 Å². The van der Waals surface area contributed by atoms with Crippen molar-refractivity contribution in [3.8, 4) is 0 Å². The number of nitrogens with one attached hydrogen (secondary N) is 1. The number of nitrogens with two attached hydrogens (primary N) is 2. The molecule has 6 aromatic rings. The van der Waals surface area contributed by atoms with Crippen LogP contribution in [0.4, 0.5) is 5.69 Å². The van der Waals surface area contributed by atoms with E-state index in [-0.39, 0.29) is 5.84 Å². The van der Waals surface area contributed by atoms with Crippen LogP contribution in [-0.4, -0.2) is 5.84 Å². The van der Waals surface area contributed by atoms with Gasteiger partial charge in [-0.05, 0) is 86.5 Å². The predicted octanol–water partition coefficient (Wildman–Crippen LogP) is 10.8. The van der Waals surface area contributed by atoms with Crippen molar-refractivity contribution < 1.29 is 0 Å². The third kappa shape index (κ3) is 7.72. The van der Waals surface area contributed by atoms with Gasteiger partial charge in [0, 0.05) is 18.0 Å². The number of allylic oxidation sites excluding steroid dienone is 1. The molecule has 0 radical (unpaired) electrons. The van der Waals surface area contributed by atoms with Gasteiger partial charge >= 0.3 is 0 Å². The van der Waals surface area contributed by atoms with Crippen LogP contribution in [0.1, 0.15) is 48.6 Å². The predicted molar refractivity (Wildman–Crippen MR) is 213 cm³/mol. The van der Waals surface area contributed by atoms with Crippen LogP contribution < -0.4 is 16.4 Å². The Morgan fingerprint density at radius 1 is 0.694 bits per heavy atom. The van der Waals surface area contributed by atoms with E-state index < -0.39 is 0 Å². The number of nitrogens with zero attached hydrogens (tertiary/aromatic N) is 1. The molecule has 0 aliphatic carbocycles. The van der Waals surface area contributed by atoms with Crippen molar-refractivity contribution in [2.45, 2.75) is 27.2 Å². The highest BCUT2D eigenvalue weighted by Gasteiger charge is 2.18. The van der Waals surface area contributed by atoms with Crippen LogP contribution in [0, 0.1) is 5.41 Å². The fourth-order valence-electron chi connectivity index (χ4n) is 6.06. The molecule has 6 aromatic carbocycles. The maximum Gasteiger partial charge on any atom is 0.118 e. The Morgan fingerprint density at radius 3 is 1.80 bits per heavy atom. The first-order chi connectivity index (χ1) is 23.9. The van der Waals surface area contributed by atoms with E-state index >= 15 is 0 Å². The number of hydrogen-bond donors (Lipinski definition) is 3. The minimum atomic E-state index is 0.0171. The molecule has 49 heavy (non-hydrogen) atoms. The summed E-state index contributed by atoms with van der Waals surface area (Å²) in [7, 11) is 0. The third-order valence-electron chi connectivity index (χ3n) is 8.56. The maximum atomic E-state index is 7.63. The van der Waals surface area contributed by atoms with Crippen molar-refractivity contribution in [1.29, 1.82) is 5.41 Å². The number of rotatable bonds is 5. The van der Waals surface area contributed by atoms with E-state index in [4.69, 9.17) is 16.9 Å². The molecule has 0 amide bonds. The van der Waals surface area contributed by atoms with Crippen LogP contribution in [0.15, 0.2) is 170 Å². The number of para-hydroxylation sites is 1. The molecule has 0 saturated carbocycles. The van der Waals surface area contributed by atoms with Crippen LogP contribution in [-0.2, 0) is 6.42 Å². The van der Waals surface area contributed by atoms with Gasteiger partial charge in [0.1, 0.15) is 5.84 Å². The van der Waals surface area contributed by atoms with E-state index in [0.29, 0.717) is 5.57 Å². The monoisotopic (exact) mass is 640 g/mol. The first-order valence-corrected chi connectivity index (χ1v) is 16.7. The molecule has 244 valence electrons. The second-order valence-electron chi connectivity index (χ2n) is 11.6. The number of anilines is 1. The lowest BCUT2D eigenvalue weighted by Gasteiger charge is -2.27. The first kappa shape index (κ1) is 34.2. The van der Waals surface area contributed by atoms with Crippen molar-refractivity contribution in [2.24, 2.45) is 11.5 Å². The highest BCUT2D eigenvalue weighted by atomic mass is 15.1. The van der Waals surface area contributed by atoms with Crippen LogP contribution in [0.2, 0.25) is 0 Å². The Labute approximate surface area is 290 Å². The molecule has 0 unspecified atom stereocenters. The summed E-state index contributed by atoms with van der Waals surface area (Å²) in [4.78, 5) is 1.99. The van der Waals surface area contributed by atoms with Crippen molar-refractivity contribution in [3.63, 3.8) is 0 Å². The lowest BCUT2D eigenvalue weighted by Crippen LogP contribution is -2.20. The van der Waals surface area contributed by atoms with Gasteiger partial charge in [-0.3, -0.25) is 5.41 Å². The molecule has 0 bridgehead atoms. The second kappa shape index (κ2) is 16.1. The average molecular weight is 641 g/mol. The number of benzene rings is 6. The number of amidine groups is 1. The molecular formula is C45H44N4. The molecule has 0 atom stereocenters. The zero-order chi connectivity index (χ0) is 34.8. The molecule has 0 fully saturated rings. The minimum Gasteiger partial charge on any atom is -0.403 e. The van der Waals surface area contributed by atoms with Crippen LogP contribution >= 0.6 is 0 Å². The van der Waals surface area contributed by atoms with Gasteiger partial charge in [-0.2, -0.15) is 0 Å². The lowest BCUT2D eigenvalue weighted by atomic mass is 9.92. The standard InChI is InChI=1S/C22H22N4.C21H16.C2H6/c1-15(22(24)25)13-18(14-23)26-12-11-17-7-3-4-8-19(17)16(2)20-9-5-6-10-21(20)26;1-3-13-20-16(7-1)9-5-11-18(20)15-19-12-6-10-17-8-2-4-14-21(17)19;1-2/h3-14H,2,23H2,1H3,(H3,24,25);1-14H,15H2;1-2H3/b12-11-,15-13+,18-14+;;. The zero-order valence-corrected chi connectivity index (χ0v) is 28.5. The second-order valence-corrected chi connectivity index (χ2v) is 11.6. The van der Waals surface area contributed by atoms with Gasteiger partial charge in [-0.15, -0.1) is 0 Å². The van der Waals surface area contributed by atoms with Gasteiger partial charge in [0.2, 0.25) is 0 Å². The molecule has 1 aliphatic rings. The summed E-state index contributed by atoms with van der Waals surface area (Å²) in [6.45, 7) is 10.1. The maximum absolute atomic E-state index is 7.63. The van der Waals surface area contributed by atoms with E-state index in [1.54, 1.807) is 13.0 Å². The number of hydrogen-bond acceptors (Lipinski definition) is 3. The molecule has 0 aromatic heterocycles. The van der Waals surface area contributed by atoms with Crippen LogP contribution in [0.5, 0.6) is 0 Å². The summed E-state index contributed by atoms with van der Waals surface area (Å²) in [5.74, 6) is 0.0171. The Kier molecular flexibility index (Phi) is 11.3. The fraction of sp³-hybridized carbons (Fsp3) is 0.0889. The average Bonchev–Trinajstić information content (AvgIpc) is 3.15. The summed E-state index contributed by atoms with van der Waals surface area (Å²) < 4.78 is 0. The molecule has 0 saturated heterocycles. The third-order valence-corrected chi connectivity index (χ3v) is 8.56. The highest BCUT2D eigenvalue weighted by Crippen LogP contribution is 2.37. The van der Waals surface area contributed by atoms with Gasteiger partial charge in [0.05, 0.1) is 11.4 Å². The van der Waals surface area contributed by atoms with E-state index in [1.807, 2.05) is 61.4 Å². The van der Waals surface area contributed by atoms with Crippen molar-refractivity contribution >= 4 is 44.7 Å². The smallest absolute Gasteiger partial charge is 0.118 e. The van der Waals surface area contributed by atoms with E-state index in [1.165, 1.54) is 38.9 Å². The Bertz CT molecular complexity index is 2110. The molecule has 1 heterocycles. The Morgan fingerprint density at radius 2 is 1.20 bits per heavy atom. The molecule has 4 heteroatoms. The summed E-state index contributed by atoms with van der Waals surface area (Å²) in [5, 5.41) is 13.0. The minimum absolute atomic E-state index is 0.0171. The molecule has 0 spiro atoms. The number of fused-ring (bicyclic) bond motifs is 4. The summed E-state index contributed by atoms with van der Waals surface area (Å²) >= 11 is 0. The van der Waals surface area contributed by atoms with Gasteiger partial charge in [0.15, 0.2) is 0 Å². The largest absolute Gasteiger partial charge is 0.403 e. The van der Waals surface area contributed by atoms with Gasteiger partial charge in [-0.25, -0.2) is 0 Å². The normalized spacial score (nSPS) is 13.1. The topological polar surface area (TPSA) is 79.1 Å². The molecule has 4 nitrogen and oxygen atoms in total. The highest BCUT2D eigenvalue weighted by molar-refractivity contribution is 5.95. The van der Waals surface area contributed by atoms with Crippen molar-refractivity contribution in [3.05, 3.63) is 198 Å².